The fourth-order valence-corrected chi connectivity index (χ4v) is 2.52. The van der Waals surface area contributed by atoms with Crippen LogP contribution in [0.4, 0.5) is 5.82 Å². The van der Waals surface area contributed by atoms with Gasteiger partial charge in [-0.3, -0.25) is 9.88 Å². The molecule has 1 fully saturated rings. The Labute approximate surface area is 128 Å². The van der Waals surface area contributed by atoms with Crippen LogP contribution in [0, 0.1) is 0 Å². The van der Waals surface area contributed by atoms with Crippen LogP contribution >= 0.6 is 0 Å². The summed E-state index contributed by atoms with van der Waals surface area (Å²) in [4.78, 5) is 13.9. The van der Waals surface area contributed by atoms with Crippen molar-refractivity contribution in [3.05, 3.63) is 18.1 Å². The van der Waals surface area contributed by atoms with E-state index in [0.717, 1.165) is 44.2 Å². The number of hydrogen-bond donors (Lipinski definition) is 1. The zero-order chi connectivity index (χ0) is 15.5. The number of anilines is 1. The molecule has 1 N–H and O–H groups in total. The lowest BCUT2D eigenvalue weighted by atomic mass is 10.1. The quantitative estimate of drug-likeness (QED) is 0.918. The summed E-state index contributed by atoms with van der Waals surface area (Å²) >= 11 is 0. The first-order valence-corrected chi connectivity index (χ1v) is 7.90. The van der Waals surface area contributed by atoms with Gasteiger partial charge in [-0.2, -0.15) is 0 Å². The second-order valence-corrected chi connectivity index (χ2v) is 7.05. The molecule has 118 valence electrons. The van der Waals surface area contributed by atoms with Gasteiger partial charge in [-0.15, -0.1) is 0 Å². The highest BCUT2D eigenvalue weighted by molar-refractivity contribution is 5.36. The van der Waals surface area contributed by atoms with Crippen molar-refractivity contribution < 1.29 is 0 Å². The van der Waals surface area contributed by atoms with Crippen LogP contribution in [0.25, 0.3) is 0 Å². The van der Waals surface area contributed by atoms with E-state index in [2.05, 4.69) is 59.7 Å². The number of rotatable bonds is 4. The first-order chi connectivity index (χ1) is 9.86. The predicted molar refractivity (Wildman–Crippen MR) is 87.5 cm³/mol. The molecule has 0 amide bonds. The number of piperazine rings is 1. The monoisotopic (exact) mass is 291 g/mol. The van der Waals surface area contributed by atoms with E-state index in [1.807, 2.05) is 12.4 Å². The molecule has 1 saturated heterocycles. The molecule has 0 atom stereocenters. The Bertz CT molecular complexity index is 427. The summed E-state index contributed by atoms with van der Waals surface area (Å²) in [6.07, 6.45) is 3.80. The van der Waals surface area contributed by atoms with E-state index < -0.39 is 0 Å². The average molecular weight is 291 g/mol. The van der Waals surface area contributed by atoms with E-state index in [-0.39, 0.29) is 5.54 Å². The molecule has 1 aliphatic rings. The number of hydrogen-bond acceptors (Lipinski definition) is 5. The minimum Gasteiger partial charge on any atom is -0.353 e. The SMILES string of the molecule is CC(C)NCc1cnc(N2CCN(C(C)(C)C)CC2)cn1. The van der Waals surface area contributed by atoms with Gasteiger partial charge in [0.2, 0.25) is 0 Å². The van der Waals surface area contributed by atoms with Gasteiger partial charge in [0.1, 0.15) is 5.82 Å². The molecular weight excluding hydrogens is 262 g/mol. The van der Waals surface area contributed by atoms with Gasteiger partial charge in [0.25, 0.3) is 0 Å². The lowest BCUT2D eigenvalue weighted by molar-refractivity contribution is 0.128. The van der Waals surface area contributed by atoms with Crippen LogP contribution in [-0.2, 0) is 6.54 Å². The maximum Gasteiger partial charge on any atom is 0.147 e. The van der Waals surface area contributed by atoms with E-state index in [0.29, 0.717) is 6.04 Å². The highest BCUT2D eigenvalue weighted by Gasteiger charge is 2.26. The Morgan fingerprint density at radius 3 is 2.24 bits per heavy atom. The van der Waals surface area contributed by atoms with Gasteiger partial charge in [-0.05, 0) is 20.8 Å². The Morgan fingerprint density at radius 1 is 1.10 bits per heavy atom. The van der Waals surface area contributed by atoms with Crippen LogP contribution < -0.4 is 10.2 Å². The van der Waals surface area contributed by atoms with Gasteiger partial charge in [0.15, 0.2) is 0 Å². The molecule has 2 rings (SSSR count). The molecule has 0 bridgehead atoms. The highest BCUT2D eigenvalue weighted by Crippen LogP contribution is 2.18. The maximum absolute atomic E-state index is 4.57. The fraction of sp³-hybridized carbons (Fsp3) is 0.750. The van der Waals surface area contributed by atoms with Crippen molar-refractivity contribution in [3.63, 3.8) is 0 Å². The molecule has 2 heterocycles. The molecule has 1 aromatic heterocycles. The van der Waals surface area contributed by atoms with E-state index in [4.69, 9.17) is 0 Å². The molecule has 0 aromatic carbocycles. The summed E-state index contributed by atoms with van der Waals surface area (Å²) in [6.45, 7) is 16.1. The molecule has 5 nitrogen and oxygen atoms in total. The Morgan fingerprint density at radius 2 is 1.76 bits per heavy atom. The van der Waals surface area contributed by atoms with Crippen molar-refractivity contribution in [2.24, 2.45) is 0 Å². The first-order valence-electron chi connectivity index (χ1n) is 7.90. The van der Waals surface area contributed by atoms with Gasteiger partial charge >= 0.3 is 0 Å². The van der Waals surface area contributed by atoms with Gasteiger partial charge in [-0.25, -0.2) is 4.98 Å². The molecule has 1 aliphatic heterocycles. The molecule has 0 unspecified atom stereocenters. The van der Waals surface area contributed by atoms with Crippen LogP contribution in [0.15, 0.2) is 12.4 Å². The zero-order valence-electron chi connectivity index (χ0n) is 14.1. The Hall–Kier alpha value is -1.20. The molecule has 0 radical (unpaired) electrons. The lowest BCUT2D eigenvalue weighted by Crippen LogP contribution is -2.53. The Balaban J connectivity index is 1.89. The van der Waals surface area contributed by atoms with Crippen molar-refractivity contribution in [1.29, 1.82) is 0 Å². The smallest absolute Gasteiger partial charge is 0.147 e. The van der Waals surface area contributed by atoms with Gasteiger partial charge < -0.3 is 10.2 Å². The molecule has 0 aliphatic carbocycles. The third kappa shape index (κ3) is 4.64. The molecule has 21 heavy (non-hydrogen) atoms. The van der Waals surface area contributed by atoms with Crippen LogP contribution in [0.1, 0.15) is 40.3 Å². The molecule has 5 heteroatoms. The van der Waals surface area contributed by atoms with E-state index in [9.17, 15) is 0 Å². The predicted octanol–water partition coefficient (Wildman–Crippen LogP) is 1.90. The lowest BCUT2D eigenvalue weighted by Gasteiger charge is -2.42. The molecule has 0 saturated carbocycles. The first kappa shape index (κ1) is 16.2. The van der Waals surface area contributed by atoms with E-state index in [1.165, 1.54) is 0 Å². The normalized spacial score (nSPS) is 17.5. The van der Waals surface area contributed by atoms with Crippen molar-refractivity contribution in [2.75, 3.05) is 31.1 Å². The van der Waals surface area contributed by atoms with E-state index >= 15 is 0 Å². The van der Waals surface area contributed by atoms with Crippen molar-refractivity contribution >= 4 is 5.82 Å². The average Bonchev–Trinajstić information content (AvgIpc) is 2.45. The summed E-state index contributed by atoms with van der Waals surface area (Å²) in [5.41, 5.74) is 1.25. The summed E-state index contributed by atoms with van der Waals surface area (Å²) in [5, 5.41) is 3.36. The van der Waals surface area contributed by atoms with Gasteiger partial charge in [-0.1, -0.05) is 13.8 Å². The zero-order valence-corrected chi connectivity index (χ0v) is 14.1. The van der Waals surface area contributed by atoms with Gasteiger partial charge in [0.05, 0.1) is 18.1 Å². The summed E-state index contributed by atoms with van der Waals surface area (Å²) in [5.74, 6) is 0.997. The third-order valence-electron chi connectivity index (χ3n) is 3.94. The summed E-state index contributed by atoms with van der Waals surface area (Å²) in [7, 11) is 0. The summed E-state index contributed by atoms with van der Waals surface area (Å²) in [6, 6.07) is 0.469. The van der Waals surface area contributed by atoms with Crippen molar-refractivity contribution in [1.82, 2.24) is 20.2 Å². The topological polar surface area (TPSA) is 44.3 Å². The van der Waals surface area contributed by atoms with Crippen LogP contribution in [0.3, 0.4) is 0 Å². The summed E-state index contributed by atoms with van der Waals surface area (Å²) < 4.78 is 0. The third-order valence-corrected chi connectivity index (χ3v) is 3.94. The molecule has 0 spiro atoms. The second-order valence-electron chi connectivity index (χ2n) is 7.05. The van der Waals surface area contributed by atoms with Crippen LogP contribution in [0.5, 0.6) is 0 Å². The standard InChI is InChI=1S/C16H29N5/c1-13(2)17-10-14-11-19-15(12-18-14)20-6-8-21(9-7-20)16(3,4)5/h11-13,17H,6-10H2,1-5H3. The molecular formula is C16H29N5. The number of aromatic nitrogens is 2. The van der Waals surface area contributed by atoms with Crippen molar-refractivity contribution in [3.8, 4) is 0 Å². The second kappa shape index (κ2) is 6.71. The highest BCUT2D eigenvalue weighted by atomic mass is 15.3. The fourth-order valence-electron chi connectivity index (χ4n) is 2.52. The van der Waals surface area contributed by atoms with Crippen LogP contribution in [-0.4, -0.2) is 52.6 Å². The molecule has 1 aromatic rings. The van der Waals surface area contributed by atoms with E-state index in [1.54, 1.807) is 0 Å². The minimum absolute atomic E-state index is 0.254. The van der Waals surface area contributed by atoms with Crippen molar-refractivity contribution in [2.45, 2.75) is 52.7 Å². The minimum atomic E-state index is 0.254. The van der Waals surface area contributed by atoms with Crippen LogP contribution in [0.2, 0.25) is 0 Å². The number of nitrogens with one attached hydrogen (secondary N) is 1. The number of nitrogens with zero attached hydrogens (tertiary/aromatic N) is 4. The maximum atomic E-state index is 4.57. The largest absolute Gasteiger partial charge is 0.353 e. The van der Waals surface area contributed by atoms with Gasteiger partial charge in [0, 0.05) is 44.3 Å². The Kier molecular flexibility index (Phi) is 5.17.